The van der Waals surface area contributed by atoms with Gasteiger partial charge >= 0.3 is 6.18 Å². The summed E-state index contributed by atoms with van der Waals surface area (Å²) in [6, 6.07) is 13.8. The Hall–Kier alpha value is -2.67. The molecule has 2 aromatic heterocycles. The number of carbonyl (C=O) groups is 1. The largest absolute Gasteiger partial charge is 0.416 e. The summed E-state index contributed by atoms with van der Waals surface area (Å²) in [5.41, 5.74) is 0.536. The summed E-state index contributed by atoms with van der Waals surface area (Å²) in [6.45, 7) is -0.00629. The molecule has 128 valence electrons. The number of nitrogens with zero attached hydrogens (tertiary/aromatic N) is 1. The first kappa shape index (κ1) is 17.2. The highest BCUT2D eigenvalue weighted by Crippen LogP contribution is 2.29. The molecular formula is C18H13F3N2OS. The molecule has 3 nitrogen and oxygen atoms in total. The van der Waals surface area contributed by atoms with E-state index in [1.54, 1.807) is 18.2 Å². The molecule has 25 heavy (non-hydrogen) atoms. The SMILES string of the molecule is O=C(NCc1cccc(C(F)(F)F)c1)c1cccc(-c2cccs2)n1. The van der Waals surface area contributed by atoms with Gasteiger partial charge in [0.25, 0.3) is 5.91 Å². The number of nitrogens with one attached hydrogen (secondary N) is 1. The van der Waals surface area contributed by atoms with Gasteiger partial charge in [0.2, 0.25) is 0 Å². The van der Waals surface area contributed by atoms with Gasteiger partial charge in [-0.25, -0.2) is 4.98 Å². The minimum Gasteiger partial charge on any atom is -0.347 e. The standard InChI is InChI=1S/C18H13F3N2OS/c19-18(20,21)13-5-1-4-12(10-13)11-22-17(24)15-7-2-6-14(23-15)16-8-3-9-25-16/h1-10H,11H2,(H,22,24). The molecule has 0 fully saturated rings. The lowest BCUT2D eigenvalue weighted by molar-refractivity contribution is -0.137. The van der Waals surface area contributed by atoms with Crippen molar-refractivity contribution < 1.29 is 18.0 Å². The lowest BCUT2D eigenvalue weighted by Crippen LogP contribution is -2.24. The van der Waals surface area contributed by atoms with E-state index in [-0.39, 0.29) is 12.2 Å². The Kier molecular flexibility index (Phi) is 4.85. The second kappa shape index (κ2) is 7.06. The van der Waals surface area contributed by atoms with Gasteiger partial charge in [-0.3, -0.25) is 4.79 Å². The fraction of sp³-hybridized carbons (Fsp3) is 0.111. The Labute approximate surface area is 146 Å². The van der Waals surface area contributed by atoms with Crippen LogP contribution >= 0.6 is 11.3 Å². The first-order chi connectivity index (χ1) is 11.9. The van der Waals surface area contributed by atoms with Gasteiger partial charge in [0.05, 0.1) is 16.1 Å². The Balaban J connectivity index is 1.70. The molecule has 0 saturated heterocycles. The van der Waals surface area contributed by atoms with E-state index in [4.69, 9.17) is 0 Å². The number of aromatic nitrogens is 1. The Morgan fingerprint density at radius 2 is 1.88 bits per heavy atom. The summed E-state index contributed by atoms with van der Waals surface area (Å²) in [5.74, 6) is -0.434. The molecule has 1 N–H and O–H groups in total. The van der Waals surface area contributed by atoms with Gasteiger partial charge < -0.3 is 5.32 Å². The van der Waals surface area contributed by atoms with Gasteiger partial charge in [0, 0.05) is 6.54 Å². The zero-order chi connectivity index (χ0) is 17.9. The molecule has 0 aliphatic heterocycles. The molecule has 7 heteroatoms. The number of rotatable bonds is 4. The summed E-state index contributed by atoms with van der Waals surface area (Å²) in [5, 5.41) is 4.52. The van der Waals surface area contributed by atoms with Crippen LogP contribution in [0.5, 0.6) is 0 Å². The van der Waals surface area contributed by atoms with Crippen LogP contribution in [-0.2, 0) is 12.7 Å². The van der Waals surface area contributed by atoms with E-state index < -0.39 is 17.6 Å². The van der Waals surface area contributed by atoms with Crippen molar-refractivity contribution in [2.75, 3.05) is 0 Å². The minimum absolute atomic E-state index is 0.00629. The number of pyridine rings is 1. The first-order valence-corrected chi connectivity index (χ1v) is 8.27. The molecule has 0 aliphatic rings. The highest BCUT2D eigenvalue weighted by molar-refractivity contribution is 7.13. The summed E-state index contributed by atoms with van der Waals surface area (Å²) in [7, 11) is 0. The highest BCUT2D eigenvalue weighted by Gasteiger charge is 2.30. The molecule has 3 aromatic rings. The van der Waals surface area contributed by atoms with Crippen molar-refractivity contribution >= 4 is 17.2 Å². The predicted molar refractivity (Wildman–Crippen MR) is 90.2 cm³/mol. The zero-order valence-corrected chi connectivity index (χ0v) is 13.7. The molecule has 0 atom stereocenters. The maximum absolute atomic E-state index is 12.7. The van der Waals surface area contributed by atoms with E-state index in [9.17, 15) is 18.0 Å². The van der Waals surface area contributed by atoms with Gasteiger partial charge in [-0.1, -0.05) is 24.3 Å². The zero-order valence-electron chi connectivity index (χ0n) is 12.9. The van der Waals surface area contributed by atoms with Crippen molar-refractivity contribution in [1.82, 2.24) is 10.3 Å². The van der Waals surface area contributed by atoms with Crippen molar-refractivity contribution in [3.05, 3.63) is 76.8 Å². The van der Waals surface area contributed by atoms with Crippen LogP contribution in [-0.4, -0.2) is 10.9 Å². The van der Waals surface area contributed by atoms with Gasteiger partial charge in [0.1, 0.15) is 5.69 Å². The van der Waals surface area contributed by atoms with Crippen LogP contribution in [0.3, 0.4) is 0 Å². The summed E-state index contributed by atoms with van der Waals surface area (Å²) in [6.07, 6.45) is -4.41. The molecule has 1 amide bonds. The monoisotopic (exact) mass is 362 g/mol. The Morgan fingerprint density at radius 3 is 2.60 bits per heavy atom. The third kappa shape index (κ3) is 4.24. The number of benzene rings is 1. The maximum Gasteiger partial charge on any atom is 0.416 e. The minimum atomic E-state index is -4.41. The highest BCUT2D eigenvalue weighted by atomic mass is 32.1. The third-order valence-corrected chi connectivity index (χ3v) is 4.36. The molecule has 0 spiro atoms. The van der Waals surface area contributed by atoms with Crippen LogP contribution in [0.25, 0.3) is 10.6 Å². The number of hydrogen-bond donors (Lipinski definition) is 1. The van der Waals surface area contributed by atoms with Crippen LogP contribution in [0, 0.1) is 0 Å². The van der Waals surface area contributed by atoms with E-state index in [1.807, 2.05) is 17.5 Å². The van der Waals surface area contributed by atoms with Crippen molar-refractivity contribution in [2.45, 2.75) is 12.7 Å². The topological polar surface area (TPSA) is 42.0 Å². The number of halogens is 3. The molecule has 0 unspecified atom stereocenters. The smallest absolute Gasteiger partial charge is 0.347 e. The van der Waals surface area contributed by atoms with Crippen molar-refractivity contribution in [1.29, 1.82) is 0 Å². The van der Waals surface area contributed by atoms with Gasteiger partial charge in [-0.2, -0.15) is 13.2 Å². The van der Waals surface area contributed by atoms with Crippen LogP contribution in [0.15, 0.2) is 60.0 Å². The average Bonchev–Trinajstić information content (AvgIpc) is 3.14. The molecule has 3 rings (SSSR count). The second-order valence-corrected chi connectivity index (χ2v) is 6.21. The van der Waals surface area contributed by atoms with Gasteiger partial charge in [-0.15, -0.1) is 11.3 Å². The van der Waals surface area contributed by atoms with Gasteiger partial charge in [0.15, 0.2) is 0 Å². The van der Waals surface area contributed by atoms with Crippen LogP contribution in [0.4, 0.5) is 13.2 Å². The van der Waals surface area contributed by atoms with Crippen molar-refractivity contribution in [2.24, 2.45) is 0 Å². The number of amides is 1. The Bertz CT molecular complexity index is 876. The third-order valence-electron chi connectivity index (χ3n) is 3.46. The normalized spacial score (nSPS) is 11.3. The van der Waals surface area contributed by atoms with E-state index in [1.165, 1.54) is 23.5 Å². The Morgan fingerprint density at radius 1 is 1.08 bits per heavy atom. The van der Waals surface area contributed by atoms with Crippen LogP contribution in [0.2, 0.25) is 0 Å². The number of thiophene rings is 1. The predicted octanol–water partition coefficient (Wildman–Crippen LogP) is 4.76. The van der Waals surface area contributed by atoms with Crippen LogP contribution < -0.4 is 5.32 Å². The van der Waals surface area contributed by atoms with Gasteiger partial charge in [-0.05, 0) is 41.3 Å². The van der Waals surface area contributed by atoms with E-state index >= 15 is 0 Å². The maximum atomic E-state index is 12.7. The molecule has 1 aromatic carbocycles. The number of alkyl halides is 3. The fourth-order valence-corrected chi connectivity index (χ4v) is 2.95. The number of carbonyl (C=O) groups excluding carboxylic acids is 1. The molecule has 0 bridgehead atoms. The van der Waals surface area contributed by atoms with Crippen molar-refractivity contribution in [3.8, 4) is 10.6 Å². The summed E-state index contributed by atoms with van der Waals surface area (Å²) >= 11 is 1.51. The fourth-order valence-electron chi connectivity index (χ4n) is 2.25. The summed E-state index contributed by atoms with van der Waals surface area (Å²) in [4.78, 5) is 17.5. The lowest BCUT2D eigenvalue weighted by Gasteiger charge is -2.10. The van der Waals surface area contributed by atoms with Crippen molar-refractivity contribution in [3.63, 3.8) is 0 Å². The molecule has 2 heterocycles. The lowest BCUT2D eigenvalue weighted by atomic mass is 10.1. The van der Waals surface area contributed by atoms with E-state index in [0.717, 1.165) is 17.0 Å². The van der Waals surface area contributed by atoms with E-state index in [0.29, 0.717) is 11.3 Å². The molecule has 0 saturated carbocycles. The quantitative estimate of drug-likeness (QED) is 0.727. The first-order valence-electron chi connectivity index (χ1n) is 7.39. The molecule has 0 aliphatic carbocycles. The second-order valence-electron chi connectivity index (χ2n) is 5.27. The molecular weight excluding hydrogens is 349 g/mol. The number of hydrogen-bond acceptors (Lipinski definition) is 3. The van der Waals surface area contributed by atoms with Crippen LogP contribution in [0.1, 0.15) is 21.6 Å². The summed E-state index contributed by atoms with van der Waals surface area (Å²) < 4.78 is 38.1. The average molecular weight is 362 g/mol. The molecule has 0 radical (unpaired) electrons. The van der Waals surface area contributed by atoms with E-state index in [2.05, 4.69) is 10.3 Å².